The van der Waals surface area contributed by atoms with Gasteiger partial charge in [0.25, 0.3) is 5.91 Å². The van der Waals surface area contributed by atoms with Crippen LogP contribution in [0.1, 0.15) is 15.9 Å². The highest BCUT2D eigenvalue weighted by molar-refractivity contribution is 9.10. The van der Waals surface area contributed by atoms with Gasteiger partial charge in [-0.25, -0.2) is 4.39 Å². The molecule has 20 heavy (non-hydrogen) atoms. The first kappa shape index (κ1) is 15.3. The Kier molecular flexibility index (Phi) is 4.68. The fourth-order valence-electron chi connectivity index (χ4n) is 1.70. The molecule has 1 N–H and O–H groups in total. The Hall–Kier alpha value is -1.10. The number of halogens is 4. The Morgan fingerprint density at radius 3 is 2.60 bits per heavy atom. The number of amides is 1. The number of hydrogen-bond acceptors (Lipinski definition) is 1. The van der Waals surface area contributed by atoms with Gasteiger partial charge in [0.2, 0.25) is 0 Å². The number of carbonyl (C=O) groups excluding carboxylic acids is 1. The van der Waals surface area contributed by atoms with E-state index in [1.54, 1.807) is 25.1 Å². The van der Waals surface area contributed by atoms with E-state index in [-0.39, 0.29) is 10.9 Å². The molecular formula is C14H9BrCl2FNO. The van der Waals surface area contributed by atoms with Crippen LogP contribution in [0.2, 0.25) is 10.0 Å². The summed E-state index contributed by atoms with van der Waals surface area (Å²) in [6, 6.07) is 7.40. The summed E-state index contributed by atoms with van der Waals surface area (Å²) in [7, 11) is 0. The maximum Gasteiger partial charge on any atom is 0.256 e. The van der Waals surface area contributed by atoms with Crippen molar-refractivity contribution in [2.24, 2.45) is 0 Å². The van der Waals surface area contributed by atoms with Crippen molar-refractivity contribution in [1.29, 1.82) is 0 Å². The summed E-state index contributed by atoms with van der Waals surface area (Å²) in [6.07, 6.45) is 0. The van der Waals surface area contributed by atoms with Gasteiger partial charge in [-0.1, -0.05) is 29.3 Å². The number of benzene rings is 2. The van der Waals surface area contributed by atoms with Crippen LogP contribution in [0.4, 0.5) is 10.1 Å². The van der Waals surface area contributed by atoms with Crippen molar-refractivity contribution in [2.75, 3.05) is 5.32 Å². The Balaban J connectivity index is 2.36. The number of carbonyl (C=O) groups is 1. The van der Waals surface area contributed by atoms with E-state index >= 15 is 0 Å². The minimum atomic E-state index is -0.487. The minimum Gasteiger partial charge on any atom is -0.320 e. The van der Waals surface area contributed by atoms with Gasteiger partial charge in [-0.2, -0.15) is 0 Å². The van der Waals surface area contributed by atoms with Gasteiger partial charge < -0.3 is 5.32 Å². The molecule has 0 saturated heterocycles. The summed E-state index contributed by atoms with van der Waals surface area (Å²) >= 11 is 15.1. The fraction of sp³-hybridized carbons (Fsp3) is 0.0714. The van der Waals surface area contributed by atoms with Gasteiger partial charge in [-0.05, 0) is 52.7 Å². The lowest BCUT2D eigenvalue weighted by Gasteiger charge is -2.11. The molecule has 0 aliphatic heterocycles. The average molecular weight is 377 g/mol. The first-order valence-electron chi connectivity index (χ1n) is 5.61. The standard InChI is InChI=1S/C14H9BrCl2FNO/c1-7-9(3-2-4-11(7)16)14(20)19-13-10(15)5-8(18)6-12(13)17/h2-6H,1H3,(H,19,20). The van der Waals surface area contributed by atoms with E-state index < -0.39 is 5.82 Å². The number of rotatable bonds is 2. The van der Waals surface area contributed by atoms with Gasteiger partial charge in [0.1, 0.15) is 5.82 Å². The molecular weight excluding hydrogens is 368 g/mol. The lowest BCUT2D eigenvalue weighted by Crippen LogP contribution is -2.14. The zero-order chi connectivity index (χ0) is 14.9. The average Bonchev–Trinajstić information content (AvgIpc) is 2.36. The largest absolute Gasteiger partial charge is 0.320 e. The molecule has 0 bridgehead atoms. The molecule has 0 aliphatic rings. The van der Waals surface area contributed by atoms with Crippen LogP contribution in [-0.4, -0.2) is 5.91 Å². The van der Waals surface area contributed by atoms with Crippen molar-refractivity contribution in [3.05, 3.63) is 61.8 Å². The normalized spacial score (nSPS) is 10.4. The summed E-state index contributed by atoms with van der Waals surface area (Å²) in [4.78, 5) is 12.2. The summed E-state index contributed by atoms with van der Waals surface area (Å²) in [6.45, 7) is 1.75. The lowest BCUT2D eigenvalue weighted by atomic mass is 10.1. The molecule has 0 aliphatic carbocycles. The van der Waals surface area contributed by atoms with Crippen LogP contribution in [-0.2, 0) is 0 Å². The molecule has 6 heteroatoms. The molecule has 2 aromatic carbocycles. The predicted molar refractivity (Wildman–Crippen MR) is 83.3 cm³/mol. The Bertz CT molecular complexity index is 668. The second-order valence-electron chi connectivity index (χ2n) is 4.11. The van der Waals surface area contributed by atoms with Crippen LogP contribution < -0.4 is 5.32 Å². The lowest BCUT2D eigenvalue weighted by molar-refractivity contribution is 0.102. The van der Waals surface area contributed by atoms with Crippen molar-refractivity contribution in [2.45, 2.75) is 6.92 Å². The number of nitrogens with one attached hydrogen (secondary N) is 1. The van der Waals surface area contributed by atoms with E-state index in [9.17, 15) is 9.18 Å². The van der Waals surface area contributed by atoms with E-state index in [2.05, 4.69) is 21.2 Å². The second kappa shape index (κ2) is 6.12. The zero-order valence-electron chi connectivity index (χ0n) is 10.3. The third-order valence-corrected chi connectivity index (χ3v) is 4.09. The summed E-state index contributed by atoms with van der Waals surface area (Å²) in [5.74, 6) is -0.849. The van der Waals surface area contributed by atoms with Gasteiger partial charge in [0.15, 0.2) is 0 Å². The maximum atomic E-state index is 13.1. The number of anilines is 1. The molecule has 0 atom stereocenters. The van der Waals surface area contributed by atoms with Crippen molar-refractivity contribution >= 4 is 50.7 Å². The summed E-state index contributed by atoms with van der Waals surface area (Å²) < 4.78 is 13.5. The SMILES string of the molecule is Cc1c(Cl)cccc1C(=O)Nc1c(Cl)cc(F)cc1Br. The number of hydrogen-bond donors (Lipinski definition) is 1. The minimum absolute atomic E-state index is 0.116. The molecule has 2 nitrogen and oxygen atoms in total. The molecule has 2 rings (SSSR count). The topological polar surface area (TPSA) is 29.1 Å². The Morgan fingerprint density at radius 1 is 1.25 bits per heavy atom. The maximum absolute atomic E-state index is 13.1. The molecule has 0 radical (unpaired) electrons. The van der Waals surface area contributed by atoms with Crippen molar-refractivity contribution in [3.63, 3.8) is 0 Å². The van der Waals surface area contributed by atoms with Gasteiger partial charge in [-0.15, -0.1) is 0 Å². The molecule has 1 amide bonds. The van der Waals surface area contributed by atoms with Gasteiger partial charge in [-0.3, -0.25) is 4.79 Å². The van der Waals surface area contributed by atoms with E-state index in [0.29, 0.717) is 26.3 Å². The second-order valence-corrected chi connectivity index (χ2v) is 5.78. The Morgan fingerprint density at radius 2 is 1.95 bits per heavy atom. The fourth-order valence-corrected chi connectivity index (χ4v) is 2.77. The van der Waals surface area contributed by atoms with Gasteiger partial charge in [0.05, 0.1) is 10.7 Å². The molecule has 0 unspecified atom stereocenters. The van der Waals surface area contributed by atoms with Crippen LogP contribution in [0, 0.1) is 12.7 Å². The third kappa shape index (κ3) is 3.14. The van der Waals surface area contributed by atoms with Crippen LogP contribution in [0.5, 0.6) is 0 Å². The summed E-state index contributed by atoms with van der Waals surface area (Å²) in [5, 5.41) is 3.26. The van der Waals surface area contributed by atoms with Crippen LogP contribution >= 0.6 is 39.1 Å². The zero-order valence-corrected chi connectivity index (χ0v) is 13.4. The first-order chi connectivity index (χ1) is 9.40. The van der Waals surface area contributed by atoms with E-state index in [1.807, 2.05) is 0 Å². The van der Waals surface area contributed by atoms with E-state index in [1.165, 1.54) is 6.07 Å². The molecule has 0 spiro atoms. The molecule has 104 valence electrons. The third-order valence-electron chi connectivity index (χ3n) is 2.76. The highest BCUT2D eigenvalue weighted by Crippen LogP contribution is 2.32. The quantitative estimate of drug-likeness (QED) is 0.741. The summed E-state index contributed by atoms with van der Waals surface area (Å²) in [5.41, 5.74) is 1.42. The first-order valence-corrected chi connectivity index (χ1v) is 7.16. The van der Waals surface area contributed by atoms with Crippen LogP contribution in [0.3, 0.4) is 0 Å². The van der Waals surface area contributed by atoms with Crippen molar-refractivity contribution in [1.82, 2.24) is 0 Å². The molecule has 2 aromatic rings. The highest BCUT2D eigenvalue weighted by Gasteiger charge is 2.15. The molecule has 0 saturated carbocycles. The van der Waals surface area contributed by atoms with Crippen molar-refractivity contribution in [3.8, 4) is 0 Å². The van der Waals surface area contributed by atoms with E-state index in [0.717, 1.165) is 6.07 Å². The monoisotopic (exact) mass is 375 g/mol. The predicted octanol–water partition coefficient (Wildman–Crippen LogP) is 5.46. The van der Waals surface area contributed by atoms with Gasteiger partial charge in [0, 0.05) is 15.1 Å². The molecule has 0 fully saturated rings. The molecule has 0 heterocycles. The van der Waals surface area contributed by atoms with Crippen LogP contribution in [0.25, 0.3) is 0 Å². The van der Waals surface area contributed by atoms with Crippen LogP contribution in [0.15, 0.2) is 34.8 Å². The van der Waals surface area contributed by atoms with E-state index in [4.69, 9.17) is 23.2 Å². The van der Waals surface area contributed by atoms with Gasteiger partial charge >= 0.3 is 0 Å². The van der Waals surface area contributed by atoms with Crippen molar-refractivity contribution < 1.29 is 9.18 Å². The highest BCUT2D eigenvalue weighted by atomic mass is 79.9. The smallest absolute Gasteiger partial charge is 0.256 e. The Labute approximate surface area is 134 Å². The molecule has 0 aromatic heterocycles.